The minimum Gasteiger partial charge on any atom is -0.145 e. The highest BCUT2D eigenvalue weighted by molar-refractivity contribution is 7.11. The third kappa shape index (κ3) is 2.94. The second-order valence-corrected chi connectivity index (χ2v) is 7.40. The molecule has 0 amide bonds. The Balaban J connectivity index is 1.80. The first-order valence-electron chi connectivity index (χ1n) is 7.57. The molecule has 0 spiro atoms. The van der Waals surface area contributed by atoms with E-state index in [9.17, 15) is 0 Å². The molecule has 1 aromatic carbocycles. The summed E-state index contributed by atoms with van der Waals surface area (Å²) in [6.45, 7) is 2.22. The molecule has 1 heterocycles. The first kappa shape index (κ1) is 14.2. The Morgan fingerprint density at radius 3 is 2.75 bits per heavy atom. The number of fused-ring (bicyclic) bond motifs is 1. The van der Waals surface area contributed by atoms with E-state index in [2.05, 4.69) is 43.3 Å². The molecule has 2 atom stereocenters. The van der Waals surface area contributed by atoms with Gasteiger partial charge >= 0.3 is 0 Å². The Hall–Kier alpha value is -0.790. The van der Waals surface area contributed by atoms with Crippen LogP contribution in [-0.4, -0.2) is 0 Å². The summed E-state index contributed by atoms with van der Waals surface area (Å²) in [5.74, 6) is 0.573. The Bertz CT molecular complexity index is 572. The predicted molar refractivity (Wildman–Crippen MR) is 88.9 cm³/mol. The van der Waals surface area contributed by atoms with Crippen molar-refractivity contribution in [3.63, 3.8) is 0 Å². The molecule has 106 valence electrons. The molecule has 0 nitrogen and oxygen atoms in total. The SMILES string of the molecule is CCc1ccc(CC2CCCc3ccccc3C2Cl)s1. The lowest BCUT2D eigenvalue weighted by Crippen LogP contribution is -2.09. The lowest BCUT2D eigenvalue weighted by atomic mass is 9.92. The van der Waals surface area contributed by atoms with Crippen molar-refractivity contribution in [1.29, 1.82) is 0 Å². The van der Waals surface area contributed by atoms with Gasteiger partial charge in [0.15, 0.2) is 0 Å². The van der Waals surface area contributed by atoms with E-state index in [1.807, 2.05) is 11.3 Å². The quantitative estimate of drug-likeness (QED) is 0.497. The van der Waals surface area contributed by atoms with Crippen LogP contribution >= 0.6 is 22.9 Å². The maximum Gasteiger partial charge on any atom is 0.0619 e. The van der Waals surface area contributed by atoms with Crippen LogP contribution in [0.2, 0.25) is 0 Å². The summed E-state index contributed by atoms with van der Waals surface area (Å²) in [7, 11) is 0. The van der Waals surface area contributed by atoms with Gasteiger partial charge in [-0.3, -0.25) is 0 Å². The van der Waals surface area contributed by atoms with Crippen molar-refractivity contribution in [3.8, 4) is 0 Å². The molecule has 2 unspecified atom stereocenters. The zero-order valence-corrected chi connectivity index (χ0v) is 13.5. The number of benzene rings is 1. The Morgan fingerprint density at radius 2 is 1.95 bits per heavy atom. The second-order valence-electron chi connectivity index (χ2n) is 5.68. The highest BCUT2D eigenvalue weighted by Gasteiger charge is 2.26. The van der Waals surface area contributed by atoms with Crippen molar-refractivity contribution in [1.82, 2.24) is 0 Å². The maximum atomic E-state index is 6.81. The highest BCUT2D eigenvalue weighted by atomic mass is 35.5. The fraction of sp³-hybridized carbons (Fsp3) is 0.444. The van der Waals surface area contributed by atoms with Crippen LogP contribution < -0.4 is 0 Å². The van der Waals surface area contributed by atoms with E-state index in [1.165, 1.54) is 40.1 Å². The Morgan fingerprint density at radius 1 is 1.15 bits per heavy atom. The average Bonchev–Trinajstić information content (AvgIpc) is 2.87. The van der Waals surface area contributed by atoms with Gasteiger partial charge in [0.25, 0.3) is 0 Å². The first-order chi connectivity index (χ1) is 9.78. The van der Waals surface area contributed by atoms with Gasteiger partial charge in [-0.2, -0.15) is 0 Å². The molecule has 1 aromatic heterocycles. The van der Waals surface area contributed by atoms with E-state index in [0.717, 1.165) is 12.8 Å². The van der Waals surface area contributed by atoms with E-state index in [-0.39, 0.29) is 5.38 Å². The van der Waals surface area contributed by atoms with Crippen molar-refractivity contribution in [2.24, 2.45) is 5.92 Å². The van der Waals surface area contributed by atoms with Crippen LogP contribution in [0.25, 0.3) is 0 Å². The Labute approximate surface area is 130 Å². The minimum absolute atomic E-state index is 0.167. The van der Waals surface area contributed by atoms with Gasteiger partial charge < -0.3 is 0 Å². The summed E-state index contributed by atoms with van der Waals surface area (Å²) in [5, 5.41) is 0.167. The smallest absolute Gasteiger partial charge is 0.0619 e. The topological polar surface area (TPSA) is 0 Å². The van der Waals surface area contributed by atoms with Crippen LogP contribution in [0.4, 0.5) is 0 Å². The van der Waals surface area contributed by atoms with E-state index >= 15 is 0 Å². The van der Waals surface area contributed by atoms with Crippen LogP contribution in [0.5, 0.6) is 0 Å². The third-order valence-corrected chi connectivity index (χ3v) is 6.16. The average molecular weight is 305 g/mol. The summed E-state index contributed by atoms with van der Waals surface area (Å²) < 4.78 is 0. The van der Waals surface area contributed by atoms with Crippen LogP contribution in [-0.2, 0) is 19.3 Å². The van der Waals surface area contributed by atoms with E-state index < -0.39 is 0 Å². The molecular formula is C18H21ClS. The van der Waals surface area contributed by atoms with E-state index in [0.29, 0.717) is 5.92 Å². The predicted octanol–water partition coefficient (Wildman–Crippen LogP) is 5.79. The standard InChI is InChI=1S/C18H21ClS/c1-2-15-10-11-16(20-15)12-14-8-5-7-13-6-3-4-9-17(13)18(14)19/h3-4,6,9-11,14,18H,2,5,7-8,12H2,1H3. The first-order valence-corrected chi connectivity index (χ1v) is 8.82. The van der Waals surface area contributed by atoms with Gasteiger partial charge in [0.2, 0.25) is 0 Å². The maximum absolute atomic E-state index is 6.81. The number of aryl methyl sites for hydroxylation is 2. The van der Waals surface area contributed by atoms with Gasteiger partial charge in [-0.05, 0) is 61.3 Å². The van der Waals surface area contributed by atoms with Crippen LogP contribution in [0.15, 0.2) is 36.4 Å². The fourth-order valence-corrected chi connectivity index (χ4v) is 4.65. The zero-order valence-electron chi connectivity index (χ0n) is 11.9. The van der Waals surface area contributed by atoms with Crippen molar-refractivity contribution in [3.05, 3.63) is 57.3 Å². The van der Waals surface area contributed by atoms with Gasteiger partial charge in [-0.15, -0.1) is 22.9 Å². The molecule has 2 aromatic rings. The summed E-state index contributed by atoms with van der Waals surface area (Å²) in [4.78, 5) is 2.98. The molecule has 0 aliphatic heterocycles. The molecule has 20 heavy (non-hydrogen) atoms. The molecule has 1 aliphatic rings. The van der Waals surface area contributed by atoms with Gasteiger partial charge in [-0.1, -0.05) is 31.2 Å². The van der Waals surface area contributed by atoms with Crippen LogP contribution in [0.1, 0.15) is 46.0 Å². The molecule has 0 radical (unpaired) electrons. The van der Waals surface area contributed by atoms with Crippen molar-refractivity contribution in [2.75, 3.05) is 0 Å². The number of rotatable bonds is 3. The number of hydrogen-bond acceptors (Lipinski definition) is 1. The summed E-state index contributed by atoms with van der Waals surface area (Å²) in [5.41, 5.74) is 2.82. The number of thiophene rings is 1. The number of alkyl halides is 1. The largest absolute Gasteiger partial charge is 0.145 e. The van der Waals surface area contributed by atoms with Gasteiger partial charge in [-0.25, -0.2) is 0 Å². The minimum atomic E-state index is 0.167. The molecule has 0 bridgehead atoms. The number of halogens is 1. The molecule has 0 N–H and O–H groups in total. The molecule has 0 saturated carbocycles. The molecule has 3 rings (SSSR count). The lowest BCUT2D eigenvalue weighted by Gasteiger charge is -2.20. The molecule has 2 heteroatoms. The summed E-state index contributed by atoms with van der Waals surface area (Å²) in [6, 6.07) is 13.3. The van der Waals surface area contributed by atoms with Crippen molar-refractivity contribution < 1.29 is 0 Å². The van der Waals surface area contributed by atoms with E-state index in [1.54, 1.807) is 0 Å². The van der Waals surface area contributed by atoms with Gasteiger partial charge in [0.1, 0.15) is 0 Å². The monoisotopic (exact) mass is 304 g/mol. The van der Waals surface area contributed by atoms with Crippen LogP contribution in [0.3, 0.4) is 0 Å². The summed E-state index contributed by atoms with van der Waals surface area (Å²) >= 11 is 8.77. The highest BCUT2D eigenvalue weighted by Crippen LogP contribution is 2.40. The van der Waals surface area contributed by atoms with Crippen molar-refractivity contribution >= 4 is 22.9 Å². The normalized spacial score (nSPS) is 22.3. The molecular weight excluding hydrogens is 284 g/mol. The molecule has 0 fully saturated rings. The van der Waals surface area contributed by atoms with Crippen LogP contribution in [0, 0.1) is 5.92 Å². The third-order valence-electron chi connectivity index (χ3n) is 4.32. The van der Waals surface area contributed by atoms with E-state index in [4.69, 9.17) is 11.6 Å². The van der Waals surface area contributed by atoms with Gasteiger partial charge in [0, 0.05) is 9.75 Å². The molecule has 1 aliphatic carbocycles. The number of hydrogen-bond donors (Lipinski definition) is 0. The Kier molecular flexibility index (Phi) is 4.48. The second kappa shape index (κ2) is 6.32. The molecule has 0 saturated heterocycles. The summed E-state index contributed by atoms with van der Waals surface area (Å²) in [6.07, 6.45) is 5.95. The van der Waals surface area contributed by atoms with Gasteiger partial charge in [0.05, 0.1) is 5.38 Å². The lowest BCUT2D eigenvalue weighted by molar-refractivity contribution is 0.468. The zero-order chi connectivity index (χ0) is 13.9. The van der Waals surface area contributed by atoms with Crippen molar-refractivity contribution in [2.45, 2.75) is 44.4 Å². The fourth-order valence-electron chi connectivity index (χ4n) is 3.17.